The van der Waals surface area contributed by atoms with Crippen LogP contribution in [-0.2, 0) is 6.54 Å². The summed E-state index contributed by atoms with van der Waals surface area (Å²) in [4.78, 5) is 18.1. The van der Waals surface area contributed by atoms with E-state index in [-0.39, 0.29) is 5.91 Å². The van der Waals surface area contributed by atoms with Gasteiger partial charge in [-0.15, -0.1) is 0 Å². The van der Waals surface area contributed by atoms with Crippen LogP contribution >= 0.6 is 15.9 Å². The topological polar surface area (TPSA) is 59.8 Å². The molecule has 6 heteroatoms. The van der Waals surface area contributed by atoms with Gasteiger partial charge in [0.05, 0.1) is 22.3 Å². The van der Waals surface area contributed by atoms with E-state index in [0.29, 0.717) is 18.0 Å². The molecular weight excluding hydrogens is 440 g/mol. The quantitative estimate of drug-likeness (QED) is 0.439. The van der Waals surface area contributed by atoms with Crippen molar-refractivity contribution in [2.45, 2.75) is 32.2 Å². The van der Waals surface area contributed by atoms with Gasteiger partial charge < -0.3 is 5.32 Å². The van der Waals surface area contributed by atoms with Crippen molar-refractivity contribution in [2.75, 3.05) is 0 Å². The molecule has 2 aromatic heterocycles. The Bertz CT molecular complexity index is 1250. The summed E-state index contributed by atoms with van der Waals surface area (Å²) in [5, 5.41) is 8.61. The molecular formula is C24H21BrN4O. The second-order valence-corrected chi connectivity index (χ2v) is 8.63. The highest BCUT2D eigenvalue weighted by Crippen LogP contribution is 2.40. The minimum Gasteiger partial charge on any atom is -0.348 e. The highest BCUT2D eigenvalue weighted by molar-refractivity contribution is 9.10. The third-order valence-electron chi connectivity index (χ3n) is 5.42. The molecule has 1 amide bonds. The zero-order chi connectivity index (χ0) is 20.7. The van der Waals surface area contributed by atoms with Crippen molar-refractivity contribution in [1.29, 1.82) is 0 Å². The molecule has 0 radical (unpaired) electrons. The molecule has 0 unspecified atom stereocenters. The number of fused-ring (bicyclic) bond motifs is 1. The van der Waals surface area contributed by atoms with Crippen LogP contribution in [0.25, 0.3) is 16.7 Å². The lowest BCUT2D eigenvalue weighted by Gasteiger charge is -2.10. The molecule has 0 bridgehead atoms. The van der Waals surface area contributed by atoms with Crippen LogP contribution < -0.4 is 5.32 Å². The molecule has 0 saturated heterocycles. The van der Waals surface area contributed by atoms with E-state index < -0.39 is 0 Å². The third-order valence-corrected chi connectivity index (χ3v) is 5.91. The summed E-state index contributed by atoms with van der Waals surface area (Å²) in [5.74, 6) is 0.338. The van der Waals surface area contributed by atoms with Gasteiger partial charge in [-0.1, -0.05) is 46.3 Å². The standard InChI is InChI=1S/C24H21BrN4O/c1-15-22-20(24(30)26-14-16-6-5-7-18(25)12-16)13-21(17-10-11-17)27-23(22)29(28-15)19-8-3-2-4-9-19/h2-9,12-13,17H,10-11,14H2,1H3,(H,26,30). The molecule has 1 fully saturated rings. The number of hydrogen-bond donors (Lipinski definition) is 1. The number of halogens is 1. The van der Waals surface area contributed by atoms with E-state index in [1.165, 1.54) is 0 Å². The number of aryl methyl sites for hydroxylation is 1. The number of aromatic nitrogens is 3. The van der Waals surface area contributed by atoms with Gasteiger partial charge in [-0.2, -0.15) is 5.10 Å². The van der Waals surface area contributed by atoms with E-state index in [2.05, 4.69) is 21.2 Å². The van der Waals surface area contributed by atoms with Gasteiger partial charge in [-0.25, -0.2) is 9.67 Å². The molecule has 1 aliphatic rings. The van der Waals surface area contributed by atoms with Gasteiger partial charge in [0.1, 0.15) is 0 Å². The molecule has 5 rings (SSSR count). The third kappa shape index (κ3) is 3.63. The Labute approximate surface area is 183 Å². The van der Waals surface area contributed by atoms with Gasteiger partial charge in [-0.05, 0) is 55.7 Å². The van der Waals surface area contributed by atoms with E-state index in [4.69, 9.17) is 10.1 Å². The summed E-state index contributed by atoms with van der Waals surface area (Å²) in [7, 11) is 0. The summed E-state index contributed by atoms with van der Waals surface area (Å²) in [6, 6.07) is 19.9. The van der Waals surface area contributed by atoms with Gasteiger partial charge in [-0.3, -0.25) is 4.79 Å². The first-order valence-corrected chi connectivity index (χ1v) is 10.9. The molecule has 30 heavy (non-hydrogen) atoms. The Morgan fingerprint density at radius 1 is 1.13 bits per heavy atom. The van der Waals surface area contributed by atoms with Crippen LogP contribution in [0.1, 0.15) is 46.1 Å². The van der Waals surface area contributed by atoms with Crippen molar-refractivity contribution in [3.8, 4) is 5.69 Å². The fraction of sp³-hybridized carbons (Fsp3) is 0.208. The number of amides is 1. The first-order chi connectivity index (χ1) is 14.6. The summed E-state index contributed by atoms with van der Waals surface area (Å²) in [5.41, 5.74) is 5.16. The number of carbonyl (C=O) groups is 1. The first kappa shape index (κ1) is 19.0. The van der Waals surface area contributed by atoms with Crippen molar-refractivity contribution in [2.24, 2.45) is 0 Å². The molecule has 150 valence electrons. The average molecular weight is 461 g/mol. The van der Waals surface area contributed by atoms with Crippen molar-refractivity contribution in [1.82, 2.24) is 20.1 Å². The molecule has 1 saturated carbocycles. The van der Waals surface area contributed by atoms with Crippen LogP contribution in [-0.4, -0.2) is 20.7 Å². The zero-order valence-electron chi connectivity index (χ0n) is 16.6. The predicted octanol–water partition coefficient (Wildman–Crippen LogP) is 5.30. The van der Waals surface area contributed by atoms with Gasteiger partial charge in [0, 0.05) is 22.6 Å². The molecule has 5 nitrogen and oxygen atoms in total. The second-order valence-electron chi connectivity index (χ2n) is 7.71. The molecule has 2 aromatic carbocycles. The number of carbonyl (C=O) groups excluding carboxylic acids is 1. The lowest BCUT2D eigenvalue weighted by molar-refractivity contribution is 0.0952. The van der Waals surface area contributed by atoms with Crippen LogP contribution in [0, 0.1) is 6.92 Å². The number of nitrogens with zero attached hydrogens (tertiary/aromatic N) is 3. The SMILES string of the molecule is Cc1nn(-c2ccccc2)c2nc(C3CC3)cc(C(=O)NCc3cccc(Br)c3)c12. The van der Waals surface area contributed by atoms with Gasteiger partial charge in [0.25, 0.3) is 5.91 Å². The lowest BCUT2D eigenvalue weighted by atomic mass is 10.1. The molecule has 2 heterocycles. The Morgan fingerprint density at radius 3 is 2.67 bits per heavy atom. The fourth-order valence-electron chi connectivity index (χ4n) is 3.75. The Morgan fingerprint density at radius 2 is 1.93 bits per heavy atom. The second kappa shape index (κ2) is 7.69. The monoisotopic (exact) mass is 460 g/mol. The highest BCUT2D eigenvalue weighted by atomic mass is 79.9. The Hall–Kier alpha value is -2.99. The maximum Gasteiger partial charge on any atom is 0.252 e. The number of para-hydroxylation sites is 1. The molecule has 0 aliphatic heterocycles. The van der Waals surface area contributed by atoms with Crippen molar-refractivity contribution >= 4 is 32.9 Å². The number of hydrogen-bond acceptors (Lipinski definition) is 3. The molecule has 1 N–H and O–H groups in total. The van der Waals surface area contributed by atoms with Crippen molar-refractivity contribution < 1.29 is 4.79 Å². The van der Waals surface area contributed by atoms with Crippen molar-refractivity contribution in [3.63, 3.8) is 0 Å². The van der Waals surface area contributed by atoms with Gasteiger partial charge >= 0.3 is 0 Å². The van der Waals surface area contributed by atoms with Crippen LogP contribution in [0.5, 0.6) is 0 Å². The Kier molecular flexibility index (Phi) is 4.87. The molecule has 0 atom stereocenters. The first-order valence-electron chi connectivity index (χ1n) is 10.1. The highest BCUT2D eigenvalue weighted by Gasteiger charge is 2.29. The van der Waals surface area contributed by atoms with Crippen LogP contribution in [0.15, 0.2) is 65.1 Å². The molecule has 0 spiro atoms. The Balaban J connectivity index is 1.57. The number of rotatable bonds is 5. The largest absolute Gasteiger partial charge is 0.348 e. The number of pyridine rings is 1. The molecule has 1 aliphatic carbocycles. The fourth-order valence-corrected chi connectivity index (χ4v) is 4.20. The van der Waals surface area contributed by atoms with E-state index in [1.54, 1.807) is 0 Å². The molecule has 4 aromatic rings. The summed E-state index contributed by atoms with van der Waals surface area (Å²) >= 11 is 3.48. The summed E-state index contributed by atoms with van der Waals surface area (Å²) < 4.78 is 2.85. The maximum atomic E-state index is 13.2. The van der Waals surface area contributed by atoms with E-state index >= 15 is 0 Å². The average Bonchev–Trinajstić information content (AvgIpc) is 3.56. The summed E-state index contributed by atoms with van der Waals surface area (Å²) in [6.45, 7) is 2.40. The zero-order valence-corrected chi connectivity index (χ0v) is 18.2. The van der Waals surface area contributed by atoms with Gasteiger partial charge in [0.15, 0.2) is 5.65 Å². The van der Waals surface area contributed by atoms with Gasteiger partial charge in [0.2, 0.25) is 0 Å². The minimum atomic E-state index is -0.0972. The predicted molar refractivity (Wildman–Crippen MR) is 121 cm³/mol. The van der Waals surface area contributed by atoms with E-state index in [0.717, 1.165) is 51.0 Å². The smallest absolute Gasteiger partial charge is 0.252 e. The van der Waals surface area contributed by atoms with Crippen molar-refractivity contribution in [3.05, 3.63) is 87.7 Å². The van der Waals surface area contributed by atoms with Crippen LogP contribution in [0.2, 0.25) is 0 Å². The van der Waals surface area contributed by atoms with Crippen LogP contribution in [0.3, 0.4) is 0 Å². The maximum absolute atomic E-state index is 13.2. The van der Waals surface area contributed by atoms with E-state index in [9.17, 15) is 4.79 Å². The number of nitrogens with one attached hydrogen (secondary N) is 1. The van der Waals surface area contributed by atoms with Crippen LogP contribution in [0.4, 0.5) is 0 Å². The normalized spacial score (nSPS) is 13.5. The number of benzene rings is 2. The van der Waals surface area contributed by atoms with E-state index in [1.807, 2.05) is 72.3 Å². The minimum absolute atomic E-state index is 0.0972. The lowest BCUT2D eigenvalue weighted by Crippen LogP contribution is -2.23. The summed E-state index contributed by atoms with van der Waals surface area (Å²) in [6.07, 6.45) is 2.24.